The number of hydrogen-bond acceptors (Lipinski definition) is 7. The Hall–Kier alpha value is -2.22. The van der Waals surface area contributed by atoms with Gasteiger partial charge in [-0.2, -0.15) is 0 Å². The molecule has 0 unspecified atom stereocenters. The van der Waals surface area contributed by atoms with Crippen LogP contribution in [0.3, 0.4) is 0 Å². The molecule has 2 atom stereocenters. The first-order valence-electron chi connectivity index (χ1n) is 9.31. The molecule has 5 rings (SSSR count). The fourth-order valence-corrected chi connectivity index (χ4v) is 4.05. The molecular weight excluding hydrogens is 334 g/mol. The van der Waals surface area contributed by atoms with Crippen LogP contribution in [-0.4, -0.2) is 50.2 Å². The molecule has 8 nitrogen and oxygen atoms in total. The predicted molar refractivity (Wildman–Crippen MR) is 92.0 cm³/mol. The third-order valence-corrected chi connectivity index (χ3v) is 5.55. The van der Waals surface area contributed by atoms with Gasteiger partial charge < -0.3 is 13.8 Å². The molecule has 0 aliphatic carbocycles. The van der Waals surface area contributed by atoms with Crippen LogP contribution < -0.4 is 0 Å². The molecule has 0 N–H and O–H groups in total. The van der Waals surface area contributed by atoms with Crippen LogP contribution >= 0.6 is 0 Å². The van der Waals surface area contributed by atoms with Gasteiger partial charge in [0.15, 0.2) is 0 Å². The van der Waals surface area contributed by atoms with Gasteiger partial charge in [0.25, 0.3) is 0 Å². The van der Waals surface area contributed by atoms with Crippen molar-refractivity contribution in [1.29, 1.82) is 0 Å². The SMILES string of the molecule is CCc1nnc(CN2C[C@@H]3CC[C@H](C2)N(Cc2c(C)noc2C)C3=O)o1. The maximum Gasteiger partial charge on any atom is 0.230 e. The number of hydrogen-bond donors (Lipinski definition) is 0. The van der Waals surface area contributed by atoms with Gasteiger partial charge in [-0.25, -0.2) is 0 Å². The van der Waals surface area contributed by atoms with E-state index in [1.54, 1.807) is 0 Å². The number of rotatable bonds is 5. The lowest BCUT2D eigenvalue weighted by Gasteiger charge is -2.36. The van der Waals surface area contributed by atoms with E-state index in [0.29, 0.717) is 24.9 Å². The van der Waals surface area contributed by atoms with Crippen molar-refractivity contribution in [1.82, 2.24) is 25.2 Å². The van der Waals surface area contributed by atoms with Crippen molar-refractivity contribution in [3.05, 3.63) is 28.8 Å². The molecule has 0 saturated carbocycles. The molecule has 5 heterocycles. The molecular formula is C18H25N5O3. The van der Waals surface area contributed by atoms with E-state index in [0.717, 1.165) is 49.4 Å². The third-order valence-electron chi connectivity index (χ3n) is 5.55. The molecule has 3 fully saturated rings. The highest BCUT2D eigenvalue weighted by molar-refractivity contribution is 5.80. The number of aryl methyl sites for hydroxylation is 3. The zero-order valence-corrected chi connectivity index (χ0v) is 15.6. The van der Waals surface area contributed by atoms with E-state index < -0.39 is 0 Å². The van der Waals surface area contributed by atoms with Gasteiger partial charge in [-0.1, -0.05) is 12.1 Å². The minimum absolute atomic E-state index is 0.0304. The molecule has 3 saturated heterocycles. The highest BCUT2D eigenvalue weighted by atomic mass is 16.5. The molecule has 0 spiro atoms. The molecule has 3 aliphatic heterocycles. The minimum atomic E-state index is 0.0304. The largest absolute Gasteiger partial charge is 0.424 e. The standard InChI is InChI=1S/C18H25N5O3/c1-4-16-19-20-17(25-16)10-22-7-13-5-6-14(8-22)23(18(13)24)9-15-11(2)21-26-12(15)3/h13-14H,4-10H2,1-3H3/t13-,14+/m0/s1. The van der Waals surface area contributed by atoms with E-state index in [1.807, 2.05) is 25.7 Å². The Balaban J connectivity index is 1.50. The van der Waals surface area contributed by atoms with Crippen LogP contribution in [0.25, 0.3) is 0 Å². The van der Waals surface area contributed by atoms with Crippen molar-refractivity contribution < 1.29 is 13.7 Å². The van der Waals surface area contributed by atoms with Crippen LogP contribution in [0.15, 0.2) is 8.94 Å². The van der Waals surface area contributed by atoms with Crippen molar-refractivity contribution in [2.24, 2.45) is 5.92 Å². The zero-order chi connectivity index (χ0) is 18.3. The van der Waals surface area contributed by atoms with Gasteiger partial charge >= 0.3 is 0 Å². The molecule has 26 heavy (non-hydrogen) atoms. The van der Waals surface area contributed by atoms with Crippen LogP contribution in [0, 0.1) is 19.8 Å². The summed E-state index contributed by atoms with van der Waals surface area (Å²) >= 11 is 0. The minimum Gasteiger partial charge on any atom is -0.424 e. The average Bonchev–Trinajstić information content (AvgIpc) is 3.10. The molecule has 2 aromatic heterocycles. The van der Waals surface area contributed by atoms with E-state index in [2.05, 4.69) is 20.3 Å². The molecule has 140 valence electrons. The summed E-state index contributed by atoms with van der Waals surface area (Å²) < 4.78 is 10.9. The molecule has 8 heteroatoms. The Morgan fingerprint density at radius 3 is 2.62 bits per heavy atom. The number of carbonyl (C=O) groups excluding carboxylic acids is 1. The molecule has 3 aliphatic rings. The van der Waals surface area contributed by atoms with Crippen molar-refractivity contribution in [2.45, 2.75) is 59.2 Å². The van der Waals surface area contributed by atoms with E-state index >= 15 is 0 Å². The van der Waals surface area contributed by atoms with Gasteiger partial charge in [-0.3, -0.25) is 9.69 Å². The van der Waals surface area contributed by atoms with Crippen molar-refractivity contribution >= 4 is 5.91 Å². The number of carbonyl (C=O) groups is 1. The highest BCUT2D eigenvalue weighted by Gasteiger charge is 2.41. The summed E-state index contributed by atoms with van der Waals surface area (Å²) in [6.07, 6.45) is 2.71. The quantitative estimate of drug-likeness (QED) is 0.805. The molecule has 2 aromatic rings. The Morgan fingerprint density at radius 1 is 1.12 bits per heavy atom. The fraction of sp³-hybridized carbons (Fsp3) is 0.667. The van der Waals surface area contributed by atoms with Gasteiger partial charge in [-0.05, 0) is 26.7 Å². The Morgan fingerprint density at radius 2 is 1.92 bits per heavy atom. The summed E-state index contributed by atoms with van der Waals surface area (Å²) in [7, 11) is 0. The number of fused-ring (bicyclic) bond motifs is 4. The summed E-state index contributed by atoms with van der Waals surface area (Å²) in [4.78, 5) is 17.3. The first kappa shape index (κ1) is 17.2. The lowest BCUT2D eigenvalue weighted by atomic mass is 9.93. The van der Waals surface area contributed by atoms with E-state index in [-0.39, 0.29) is 17.9 Å². The monoisotopic (exact) mass is 359 g/mol. The van der Waals surface area contributed by atoms with Crippen molar-refractivity contribution in [3.63, 3.8) is 0 Å². The van der Waals surface area contributed by atoms with Crippen LogP contribution in [-0.2, 0) is 24.3 Å². The highest BCUT2D eigenvalue weighted by Crippen LogP contribution is 2.31. The van der Waals surface area contributed by atoms with E-state index in [4.69, 9.17) is 8.94 Å². The lowest BCUT2D eigenvalue weighted by molar-refractivity contribution is -0.140. The van der Waals surface area contributed by atoms with E-state index in [9.17, 15) is 4.79 Å². The van der Waals surface area contributed by atoms with Crippen molar-refractivity contribution in [2.75, 3.05) is 13.1 Å². The normalized spacial score (nSPS) is 23.7. The number of nitrogens with zero attached hydrogens (tertiary/aromatic N) is 5. The van der Waals surface area contributed by atoms with Crippen molar-refractivity contribution in [3.8, 4) is 0 Å². The maximum absolute atomic E-state index is 13.0. The van der Waals surface area contributed by atoms with E-state index in [1.165, 1.54) is 0 Å². The lowest BCUT2D eigenvalue weighted by Crippen LogP contribution is -2.47. The summed E-state index contributed by atoms with van der Waals surface area (Å²) in [5, 5.41) is 12.2. The second-order valence-corrected chi connectivity index (χ2v) is 7.33. The second-order valence-electron chi connectivity index (χ2n) is 7.33. The molecule has 0 aromatic carbocycles. The van der Waals surface area contributed by atoms with Gasteiger partial charge in [0.05, 0.1) is 24.7 Å². The summed E-state index contributed by atoms with van der Waals surface area (Å²) in [5.41, 5.74) is 1.90. The van der Waals surface area contributed by atoms with Gasteiger partial charge in [-0.15, -0.1) is 10.2 Å². The Bertz CT molecular complexity index is 779. The maximum atomic E-state index is 13.0. The summed E-state index contributed by atoms with van der Waals surface area (Å²) in [6.45, 7) is 8.59. The Kier molecular flexibility index (Phi) is 4.52. The predicted octanol–water partition coefficient (Wildman–Crippen LogP) is 1.86. The Labute approximate surface area is 152 Å². The van der Waals surface area contributed by atoms with Gasteiger partial charge in [0, 0.05) is 31.1 Å². The number of amides is 1. The van der Waals surface area contributed by atoms with Gasteiger partial charge in [0.2, 0.25) is 17.7 Å². The number of piperidine rings is 1. The summed E-state index contributed by atoms with van der Waals surface area (Å²) in [5.74, 6) is 2.36. The van der Waals surface area contributed by atoms with Crippen LogP contribution in [0.2, 0.25) is 0 Å². The summed E-state index contributed by atoms with van der Waals surface area (Å²) in [6, 6.07) is 0.198. The first-order chi connectivity index (χ1) is 12.5. The number of aromatic nitrogens is 3. The van der Waals surface area contributed by atoms with Gasteiger partial charge in [0.1, 0.15) is 5.76 Å². The smallest absolute Gasteiger partial charge is 0.230 e. The van der Waals surface area contributed by atoms with Crippen LogP contribution in [0.1, 0.15) is 48.6 Å². The topological polar surface area (TPSA) is 88.5 Å². The molecule has 1 amide bonds. The van der Waals surface area contributed by atoms with Crippen LogP contribution in [0.4, 0.5) is 0 Å². The third kappa shape index (κ3) is 3.13. The fourth-order valence-electron chi connectivity index (χ4n) is 4.05. The second kappa shape index (κ2) is 6.83. The zero-order valence-electron chi connectivity index (χ0n) is 15.6. The molecule has 2 bridgehead atoms. The molecule has 0 radical (unpaired) electrons. The average molecular weight is 359 g/mol. The van der Waals surface area contributed by atoms with Crippen LogP contribution in [0.5, 0.6) is 0 Å². The first-order valence-corrected chi connectivity index (χ1v) is 9.31.